The van der Waals surface area contributed by atoms with Crippen LogP contribution in [0.2, 0.25) is 5.02 Å². The van der Waals surface area contributed by atoms with Gasteiger partial charge in [-0.1, -0.05) is 27.5 Å². The van der Waals surface area contributed by atoms with Crippen LogP contribution in [0.15, 0.2) is 27.3 Å². The number of hydrogen-bond acceptors (Lipinski definition) is 2. The van der Waals surface area contributed by atoms with E-state index in [4.69, 9.17) is 16.0 Å². The van der Waals surface area contributed by atoms with Gasteiger partial charge in [-0.2, -0.15) is 0 Å². The molecule has 1 aliphatic carbocycles. The second-order valence-electron chi connectivity index (χ2n) is 4.50. The van der Waals surface area contributed by atoms with E-state index in [1.807, 2.05) is 12.3 Å². The van der Waals surface area contributed by atoms with E-state index in [1.165, 1.54) is 18.4 Å². The fourth-order valence-electron chi connectivity index (χ4n) is 2.00. The molecule has 0 aliphatic heterocycles. The van der Waals surface area contributed by atoms with Crippen molar-refractivity contribution < 1.29 is 4.42 Å². The van der Waals surface area contributed by atoms with Crippen LogP contribution in [0.4, 0.5) is 0 Å². The average Bonchev–Trinajstić information content (AvgIpc) is 3.01. The molecule has 0 saturated heterocycles. The number of halogens is 2. The first-order valence-corrected chi connectivity index (χ1v) is 6.99. The monoisotopic (exact) mass is 313 g/mol. The zero-order valence-corrected chi connectivity index (χ0v) is 11.6. The van der Waals surface area contributed by atoms with Gasteiger partial charge in [-0.25, -0.2) is 0 Å². The number of hydrogen-bond donors (Lipinski definition) is 1. The molecule has 1 aliphatic rings. The lowest BCUT2D eigenvalue weighted by Crippen LogP contribution is -2.19. The van der Waals surface area contributed by atoms with Gasteiger partial charge in [-0.3, -0.25) is 0 Å². The summed E-state index contributed by atoms with van der Waals surface area (Å²) in [4.78, 5) is 0. The van der Waals surface area contributed by atoms with Gasteiger partial charge in [0.05, 0.1) is 11.3 Å². The molecule has 0 amide bonds. The molecule has 2 nitrogen and oxygen atoms in total. The normalized spacial score (nSPS) is 15.6. The minimum absolute atomic E-state index is 0.663. The molecule has 0 spiro atoms. The van der Waals surface area contributed by atoms with Crippen LogP contribution in [-0.2, 0) is 6.42 Å². The Balaban J connectivity index is 1.83. The van der Waals surface area contributed by atoms with E-state index < -0.39 is 0 Å². The molecule has 1 aromatic heterocycles. The predicted octanol–water partition coefficient (Wildman–Crippen LogP) is 4.14. The van der Waals surface area contributed by atoms with Crippen molar-refractivity contribution in [2.24, 2.45) is 0 Å². The summed E-state index contributed by atoms with van der Waals surface area (Å²) in [5.74, 6) is 0. The van der Waals surface area contributed by atoms with Crippen LogP contribution >= 0.6 is 27.5 Å². The molecule has 3 rings (SSSR count). The third-order valence-electron chi connectivity index (χ3n) is 3.08. The van der Waals surface area contributed by atoms with E-state index in [1.54, 1.807) is 0 Å². The summed E-state index contributed by atoms with van der Waals surface area (Å²) in [6, 6.07) is 4.68. The molecule has 17 heavy (non-hydrogen) atoms. The maximum atomic E-state index is 6.13. The molecule has 4 heteroatoms. The molecule has 1 aromatic carbocycles. The van der Waals surface area contributed by atoms with Crippen LogP contribution in [-0.4, -0.2) is 12.6 Å². The molecular formula is C13H13BrClNO. The molecule has 90 valence electrons. The first-order chi connectivity index (χ1) is 8.24. The number of furan rings is 1. The summed E-state index contributed by atoms with van der Waals surface area (Å²) >= 11 is 9.59. The molecule has 1 N–H and O–H groups in total. The van der Waals surface area contributed by atoms with Gasteiger partial charge < -0.3 is 9.73 Å². The number of rotatable bonds is 4. The Morgan fingerprint density at radius 2 is 2.24 bits per heavy atom. The first kappa shape index (κ1) is 11.6. The molecule has 1 heterocycles. The Hall–Kier alpha value is -0.510. The van der Waals surface area contributed by atoms with Gasteiger partial charge in [0, 0.05) is 15.9 Å². The summed E-state index contributed by atoms with van der Waals surface area (Å²) in [5, 5.41) is 5.28. The average molecular weight is 315 g/mol. The summed E-state index contributed by atoms with van der Waals surface area (Å²) in [6.45, 7) is 1.00. The standard InChI is InChI=1S/C13H13BrClNO/c14-9-5-11-8(3-4-16-10-1-2-10)7-17-13(11)12(15)6-9/h5-7,10,16H,1-4H2. The predicted molar refractivity (Wildman–Crippen MR) is 73.7 cm³/mol. The largest absolute Gasteiger partial charge is 0.462 e. The van der Waals surface area contributed by atoms with Crippen molar-refractivity contribution >= 4 is 38.5 Å². The topological polar surface area (TPSA) is 25.2 Å². The van der Waals surface area contributed by atoms with Crippen molar-refractivity contribution in [3.05, 3.63) is 33.5 Å². The van der Waals surface area contributed by atoms with E-state index in [0.717, 1.165) is 34.4 Å². The zero-order valence-electron chi connectivity index (χ0n) is 9.30. The quantitative estimate of drug-likeness (QED) is 0.917. The summed E-state index contributed by atoms with van der Waals surface area (Å²) in [7, 11) is 0. The highest BCUT2D eigenvalue weighted by atomic mass is 79.9. The van der Waals surface area contributed by atoms with Gasteiger partial charge in [-0.15, -0.1) is 0 Å². The second kappa shape index (κ2) is 4.63. The van der Waals surface area contributed by atoms with Crippen molar-refractivity contribution in [2.45, 2.75) is 25.3 Å². The van der Waals surface area contributed by atoms with Gasteiger partial charge in [-0.05, 0) is 43.5 Å². The lowest BCUT2D eigenvalue weighted by atomic mass is 10.1. The SMILES string of the molecule is Clc1cc(Br)cc2c(CCNC3CC3)coc12. The molecule has 0 bridgehead atoms. The van der Waals surface area contributed by atoms with Gasteiger partial charge in [0.15, 0.2) is 5.58 Å². The van der Waals surface area contributed by atoms with E-state index in [-0.39, 0.29) is 0 Å². The van der Waals surface area contributed by atoms with Gasteiger partial charge in [0.1, 0.15) is 0 Å². The summed E-state index contributed by atoms with van der Waals surface area (Å²) in [5.41, 5.74) is 2.01. The lowest BCUT2D eigenvalue weighted by molar-refractivity contribution is 0.605. The maximum absolute atomic E-state index is 6.13. The summed E-state index contributed by atoms with van der Waals surface area (Å²) < 4.78 is 6.52. The Morgan fingerprint density at radius 1 is 1.41 bits per heavy atom. The summed E-state index contributed by atoms with van der Waals surface area (Å²) in [6.07, 6.45) is 5.45. The number of benzene rings is 1. The van der Waals surface area contributed by atoms with Gasteiger partial charge >= 0.3 is 0 Å². The van der Waals surface area contributed by atoms with E-state index >= 15 is 0 Å². The first-order valence-electron chi connectivity index (χ1n) is 5.82. The minimum atomic E-state index is 0.663. The number of nitrogens with one attached hydrogen (secondary N) is 1. The van der Waals surface area contributed by atoms with Crippen molar-refractivity contribution in [1.82, 2.24) is 5.32 Å². The molecule has 0 radical (unpaired) electrons. The molecule has 2 aromatic rings. The van der Waals surface area contributed by atoms with Crippen LogP contribution in [0.1, 0.15) is 18.4 Å². The highest BCUT2D eigenvalue weighted by molar-refractivity contribution is 9.10. The Labute approximate surface area is 113 Å². The van der Waals surface area contributed by atoms with Crippen molar-refractivity contribution in [2.75, 3.05) is 6.54 Å². The maximum Gasteiger partial charge on any atom is 0.152 e. The number of fused-ring (bicyclic) bond motifs is 1. The molecule has 1 saturated carbocycles. The zero-order chi connectivity index (χ0) is 11.8. The van der Waals surface area contributed by atoms with Crippen molar-refractivity contribution in [3.8, 4) is 0 Å². The molecular weight excluding hydrogens is 302 g/mol. The Morgan fingerprint density at radius 3 is 3.00 bits per heavy atom. The van der Waals surface area contributed by atoms with Crippen LogP contribution in [0, 0.1) is 0 Å². The molecule has 0 unspecified atom stereocenters. The second-order valence-corrected chi connectivity index (χ2v) is 5.83. The van der Waals surface area contributed by atoms with Crippen molar-refractivity contribution in [1.29, 1.82) is 0 Å². The minimum Gasteiger partial charge on any atom is -0.462 e. The van der Waals surface area contributed by atoms with Crippen LogP contribution < -0.4 is 5.32 Å². The van der Waals surface area contributed by atoms with E-state index in [2.05, 4.69) is 27.3 Å². The Kier molecular flexibility index (Phi) is 3.16. The van der Waals surface area contributed by atoms with E-state index in [9.17, 15) is 0 Å². The fourth-order valence-corrected chi connectivity index (χ4v) is 2.86. The van der Waals surface area contributed by atoms with Crippen LogP contribution in [0.3, 0.4) is 0 Å². The van der Waals surface area contributed by atoms with Crippen molar-refractivity contribution in [3.63, 3.8) is 0 Å². The van der Waals surface area contributed by atoms with Gasteiger partial charge in [0.2, 0.25) is 0 Å². The molecule has 0 atom stereocenters. The lowest BCUT2D eigenvalue weighted by Gasteiger charge is -2.01. The van der Waals surface area contributed by atoms with Gasteiger partial charge in [0.25, 0.3) is 0 Å². The van der Waals surface area contributed by atoms with E-state index in [0.29, 0.717) is 5.02 Å². The highest BCUT2D eigenvalue weighted by Crippen LogP contribution is 2.31. The highest BCUT2D eigenvalue weighted by Gasteiger charge is 2.20. The fraction of sp³-hybridized carbons (Fsp3) is 0.385. The van der Waals surface area contributed by atoms with Crippen LogP contribution in [0.25, 0.3) is 11.0 Å². The third kappa shape index (κ3) is 2.51. The molecule has 1 fully saturated rings. The van der Waals surface area contributed by atoms with Crippen LogP contribution in [0.5, 0.6) is 0 Å². The third-order valence-corrected chi connectivity index (χ3v) is 3.82. The smallest absolute Gasteiger partial charge is 0.152 e. The Bertz CT molecular complexity index is 548.